The van der Waals surface area contributed by atoms with Crippen molar-refractivity contribution in [1.29, 1.82) is 0 Å². The van der Waals surface area contributed by atoms with E-state index in [4.69, 9.17) is 28.9 Å². The summed E-state index contributed by atoms with van der Waals surface area (Å²) in [4.78, 5) is 34.3. The van der Waals surface area contributed by atoms with Crippen LogP contribution in [0.25, 0.3) is 10.4 Å². The van der Waals surface area contributed by atoms with Gasteiger partial charge in [0.25, 0.3) is 11.8 Å². The fourth-order valence-corrected chi connectivity index (χ4v) is 4.91. The van der Waals surface area contributed by atoms with Crippen LogP contribution < -0.4 is 10.6 Å². The standard InChI is InChI=1S/C21H18Cl2N4O2S/c22-14-10-13(11-15(23)12-14)17-3-4-18(30-17)21(29)27-8-6-26(7-9-27)20-16(19(24)28)2-1-5-25-20/h1-5,10-12H,6-9H2,(H2,24,28). The molecule has 1 aromatic carbocycles. The van der Waals surface area contributed by atoms with Crippen molar-refractivity contribution in [3.8, 4) is 10.4 Å². The Kier molecular flexibility index (Phi) is 5.94. The highest BCUT2D eigenvalue weighted by atomic mass is 35.5. The molecule has 3 aromatic rings. The minimum Gasteiger partial charge on any atom is -0.365 e. The summed E-state index contributed by atoms with van der Waals surface area (Å²) in [7, 11) is 0. The Morgan fingerprint density at radius 1 is 1.00 bits per heavy atom. The van der Waals surface area contributed by atoms with Gasteiger partial charge in [0, 0.05) is 47.3 Å². The highest BCUT2D eigenvalue weighted by molar-refractivity contribution is 7.17. The number of thiophene rings is 1. The molecule has 0 saturated carbocycles. The summed E-state index contributed by atoms with van der Waals surface area (Å²) in [5.74, 6) is 0.0346. The van der Waals surface area contributed by atoms with Gasteiger partial charge in [-0.1, -0.05) is 23.2 Å². The van der Waals surface area contributed by atoms with E-state index in [1.807, 2.05) is 34.1 Å². The first-order chi connectivity index (χ1) is 14.4. The minimum absolute atomic E-state index is 0.0184. The Bertz CT molecular complexity index is 1090. The van der Waals surface area contributed by atoms with Gasteiger partial charge in [0.2, 0.25) is 0 Å². The predicted octanol–water partition coefficient (Wildman–Crippen LogP) is 4.18. The molecule has 0 atom stereocenters. The zero-order valence-electron chi connectivity index (χ0n) is 15.8. The average Bonchev–Trinajstić information content (AvgIpc) is 3.23. The zero-order valence-corrected chi connectivity index (χ0v) is 18.2. The summed E-state index contributed by atoms with van der Waals surface area (Å²) in [5, 5.41) is 1.11. The largest absolute Gasteiger partial charge is 0.365 e. The van der Waals surface area contributed by atoms with E-state index in [-0.39, 0.29) is 5.91 Å². The number of rotatable bonds is 4. The first kappa shape index (κ1) is 20.7. The van der Waals surface area contributed by atoms with Crippen LogP contribution in [-0.4, -0.2) is 47.9 Å². The lowest BCUT2D eigenvalue weighted by Crippen LogP contribution is -2.49. The molecule has 154 valence electrons. The smallest absolute Gasteiger partial charge is 0.264 e. The Balaban J connectivity index is 1.45. The van der Waals surface area contributed by atoms with E-state index in [1.54, 1.807) is 24.4 Å². The number of halogens is 2. The van der Waals surface area contributed by atoms with Gasteiger partial charge in [0.15, 0.2) is 0 Å². The monoisotopic (exact) mass is 460 g/mol. The van der Waals surface area contributed by atoms with Gasteiger partial charge in [-0.15, -0.1) is 11.3 Å². The summed E-state index contributed by atoms with van der Waals surface area (Å²) in [6, 6.07) is 12.4. The van der Waals surface area contributed by atoms with Gasteiger partial charge in [0.05, 0.1) is 10.4 Å². The average molecular weight is 461 g/mol. The van der Waals surface area contributed by atoms with Crippen LogP contribution in [0.1, 0.15) is 20.0 Å². The summed E-state index contributed by atoms with van der Waals surface area (Å²) in [5.41, 5.74) is 6.73. The number of nitrogens with two attached hydrogens (primary N) is 1. The third kappa shape index (κ3) is 4.28. The van der Waals surface area contributed by atoms with Crippen LogP contribution in [0.2, 0.25) is 10.0 Å². The Labute approximate surface area is 187 Å². The van der Waals surface area contributed by atoms with Crippen molar-refractivity contribution < 1.29 is 9.59 Å². The van der Waals surface area contributed by atoms with E-state index in [9.17, 15) is 9.59 Å². The van der Waals surface area contributed by atoms with Crippen LogP contribution in [-0.2, 0) is 0 Å². The van der Waals surface area contributed by atoms with Crippen molar-refractivity contribution >= 4 is 52.2 Å². The molecule has 0 bridgehead atoms. The molecular weight excluding hydrogens is 443 g/mol. The van der Waals surface area contributed by atoms with Crippen molar-refractivity contribution in [3.05, 3.63) is 69.1 Å². The lowest BCUT2D eigenvalue weighted by molar-refractivity contribution is 0.0750. The van der Waals surface area contributed by atoms with Crippen molar-refractivity contribution in [2.75, 3.05) is 31.1 Å². The molecule has 30 heavy (non-hydrogen) atoms. The van der Waals surface area contributed by atoms with Crippen LogP contribution in [0.3, 0.4) is 0 Å². The maximum atomic E-state index is 13.0. The first-order valence-corrected chi connectivity index (χ1v) is 10.8. The quantitative estimate of drug-likeness (QED) is 0.633. The van der Waals surface area contributed by atoms with Gasteiger partial charge < -0.3 is 15.5 Å². The van der Waals surface area contributed by atoms with Crippen LogP contribution in [0.5, 0.6) is 0 Å². The summed E-state index contributed by atoms with van der Waals surface area (Å²) in [6.45, 7) is 2.21. The minimum atomic E-state index is -0.510. The highest BCUT2D eigenvalue weighted by Gasteiger charge is 2.26. The Morgan fingerprint density at radius 2 is 1.70 bits per heavy atom. The number of hydrogen-bond donors (Lipinski definition) is 1. The van der Waals surface area contributed by atoms with Gasteiger partial charge in [-0.3, -0.25) is 9.59 Å². The van der Waals surface area contributed by atoms with Crippen molar-refractivity contribution in [1.82, 2.24) is 9.88 Å². The molecule has 9 heteroatoms. The van der Waals surface area contributed by atoms with Crippen LogP contribution in [0, 0.1) is 0 Å². The molecule has 4 rings (SSSR count). The maximum absolute atomic E-state index is 13.0. The van der Waals surface area contributed by atoms with Crippen LogP contribution >= 0.6 is 34.5 Å². The molecule has 1 fully saturated rings. The van der Waals surface area contributed by atoms with Crippen molar-refractivity contribution in [3.63, 3.8) is 0 Å². The topological polar surface area (TPSA) is 79.5 Å². The van der Waals surface area contributed by atoms with Crippen molar-refractivity contribution in [2.24, 2.45) is 5.73 Å². The maximum Gasteiger partial charge on any atom is 0.264 e. The second kappa shape index (κ2) is 8.63. The molecule has 2 amide bonds. The lowest BCUT2D eigenvalue weighted by atomic mass is 10.2. The van der Waals surface area contributed by atoms with Crippen LogP contribution in [0.15, 0.2) is 48.7 Å². The van der Waals surface area contributed by atoms with E-state index in [1.165, 1.54) is 11.3 Å². The molecule has 2 N–H and O–H groups in total. The van der Waals surface area contributed by atoms with E-state index < -0.39 is 5.91 Å². The predicted molar refractivity (Wildman–Crippen MR) is 121 cm³/mol. The number of nitrogens with zero attached hydrogens (tertiary/aromatic N) is 3. The number of aromatic nitrogens is 1. The lowest BCUT2D eigenvalue weighted by Gasteiger charge is -2.35. The van der Waals surface area contributed by atoms with E-state index in [0.717, 1.165) is 10.4 Å². The third-order valence-corrected chi connectivity index (χ3v) is 6.44. The SMILES string of the molecule is NC(=O)c1cccnc1N1CCN(C(=O)c2ccc(-c3cc(Cl)cc(Cl)c3)s2)CC1. The number of carbonyl (C=O) groups excluding carboxylic acids is 2. The van der Waals surface area contributed by atoms with E-state index in [2.05, 4.69) is 4.98 Å². The normalized spacial score (nSPS) is 14.1. The van der Waals surface area contributed by atoms with Crippen molar-refractivity contribution in [2.45, 2.75) is 0 Å². The number of hydrogen-bond acceptors (Lipinski definition) is 5. The fourth-order valence-electron chi connectivity index (χ4n) is 3.42. The molecule has 0 radical (unpaired) electrons. The number of primary amides is 1. The second-order valence-electron chi connectivity index (χ2n) is 6.84. The van der Waals surface area contributed by atoms with Gasteiger partial charge in [0.1, 0.15) is 5.82 Å². The van der Waals surface area contributed by atoms with Gasteiger partial charge in [-0.05, 0) is 48.0 Å². The molecule has 0 unspecified atom stereocenters. The third-order valence-electron chi connectivity index (χ3n) is 4.88. The number of carbonyl (C=O) groups is 2. The molecule has 2 aromatic heterocycles. The van der Waals surface area contributed by atoms with E-state index in [0.29, 0.717) is 52.5 Å². The fraction of sp³-hybridized carbons (Fsp3) is 0.190. The number of amides is 2. The van der Waals surface area contributed by atoms with Gasteiger partial charge in [-0.2, -0.15) is 0 Å². The molecule has 3 heterocycles. The summed E-state index contributed by atoms with van der Waals surface area (Å²) in [6.07, 6.45) is 1.63. The van der Waals surface area contributed by atoms with Gasteiger partial charge in [-0.25, -0.2) is 4.98 Å². The number of pyridine rings is 1. The molecule has 1 aliphatic rings. The first-order valence-electron chi connectivity index (χ1n) is 9.28. The number of benzene rings is 1. The highest BCUT2D eigenvalue weighted by Crippen LogP contribution is 2.33. The molecule has 6 nitrogen and oxygen atoms in total. The molecular formula is C21H18Cl2N4O2S. The zero-order chi connectivity index (χ0) is 21.3. The van der Waals surface area contributed by atoms with Gasteiger partial charge >= 0.3 is 0 Å². The van der Waals surface area contributed by atoms with E-state index >= 15 is 0 Å². The molecule has 1 aliphatic heterocycles. The molecule has 0 aliphatic carbocycles. The summed E-state index contributed by atoms with van der Waals surface area (Å²) >= 11 is 13.6. The Hall–Kier alpha value is -2.61. The Morgan fingerprint density at radius 3 is 2.37 bits per heavy atom. The second-order valence-corrected chi connectivity index (χ2v) is 8.80. The summed E-state index contributed by atoms with van der Waals surface area (Å²) < 4.78 is 0. The molecule has 1 saturated heterocycles. The number of piperazine rings is 1. The number of anilines is 1. The molecule has 0 spiro atoms. The van der Waals surface area contributed by atoms with Crippen LogP contribution in [0.4, 0.5) is 5.82 Å².